The molecule has 1 amide bonds. The van der Waals surface area contributed by atoms with E-state index in [0.29, 0.717) is 28.3 Å². The Kier molecular flexibility index (Phi) is 5.51. The number of nitrogens with zero attached hydrogens (tertiary/aromatic N) is 1. The van der Waals surface area contributed by atoms with Gasteiger partial charge < -0.3 is 5.32 Å². The van der Waals surface area contributed by atoms with Crippen molar-refractivity contribution in [3.05, 3.63) is 106 Å². The number of Topliss-reactive ketones (excluding diaryl/α,β-unsaturated/α-hetero) is 1. The summed E-state index contributed by atoms with van der Waals surface area (Å²) in [6.07, 6.45) is 0.836. The zero-order valence-electron chi connectivity index (χ0n) is 18.0. The Morgan fingerprint density at radius 2 is 1.70 bits per heavy atom. The van der Waals surface area contributed by atoms with Gasteiger partial charge in [0.15, 0.2) is 5.78 Å². The molecule has 1 N–H and O–H groups in total. The summed E-state index contributed by atoms with van der Waals surface area (Å²) < 4.78 is 13.5. The quantitative estimate of drug-likeness (QED) is 0.481. The van der Waals surface area contributed by atoms with Gasteiger partial charge in [-0.15, -0.1) is 0 Å². The number of para-hydroxylation sites is 2. The maximum atomic E-state index is 13.7. The number of hydrogen-bond acceptors (Lipinski definition) is 3. The minimum atomic E-state index is -0.649. The number of anilines is 2. The summed E-state index contributed by atoms with van der Waals surface area (Å²) in [5.41, 5.74) is 4.37. The van der Waals surface area contributed by atoms with Crippen LogP contribution >= 0.6 is 11.6 Å². The van der Waals surface area contributed by atoms with Crippen molar-refractivity contribution < 1.29 is 14.0 Å². The molecule has 4 nitrogen and oxygen atoms in total. The molecule has 6 heteroatoms. The van der Waals surface area contributed by atoms with Crippen molar-refractivity contribution >= 4 is 34.7 Å². The molecule has 2 aliphatic rings. The predicted molar refractivity (Wildman–Crippen MR) is 128 cm³/mol. The number of rotatable bonds is 2. The predicted octanol–water partition coefficient (Wildman–Crippen LogP) is 6.40. The van der Waals surface area contributed by atoms with E-state index in [9.17, 15) is 14.0 Å². The molecular weight excluding hydrogens is 439 g/mol. The molecule has 0 radical (unpaired) electrons. The van der Waals surface area contributed by atoms with Gasteiger partial charge in [0.05, 0.1) is 17.4 Å². The van der Waals surface area contributed by atoms with Crippen LogP contribution in [0.3, 0.4) is 0 Å². The Bertz CT molecular complexity index is 1290. The van der Waals surface area contributed by atoms with E-state index in [-0.39, 0.29) is 29.8 Å². The average molecular weight is 461 g/mol. The lowest BCUT2D eigenvalue weighted by Gasteiger charge is -2.35. The third-order valence-corrected chi connectivity index (χ3v) is 6.71. The lowest BCUT2D eigenvalue weighted by Crippen LogP contribution is -2.37. The number of benzene rings is 3. The number of amides is 1. The second-order valence-electron chi connectivity index (χ2n) is 8.43. The van der Waals surface area contributed by atoms with Crippen molar-refractivity contribution in [2.45, 2.75) is 31.7 Å². The Hall–Kier alpha value is -3.44. The van der Waals surface area contributed by atoms with Crippen LogP contribution in [0.25, 0.3) is 0 Å². The molecule has 2 atom stereocenters. The van der Waals surface area contributed by atoms with Gasteiger partial charge in [-0.05, 0) is 53.8 Å². The summed E-state index contributed by atoms with van der Waals surface area (Å²) in [6.45, 7) is 1.50. The largest absolute Gasteiger partial charge is 0.357 e. The van der Waals surface area contributed by atoms with E-state index < -0.39 is 6.04 Å². The molecule has 0 aromatic heterocycles. The molecule has 0 fully saturated rings. The van der Waals surface area contributed by atoms with Gasteiger partial charge in [0, 0.05) is 29.6 Å². The minimum Gasteiger partial charge on any atom is -0.357 e. The first kappa shape index (κ1) is 21.4. The molecule has 1 heterocycles. The van der Waals surface area contributed by atoms with Crippen LogP contribution in [0.15, 0.2) is 84.1 Å². The summed E-state index contributed by atoms with van der Waals surface area (Å²) in [6, 6.07) is 20.5. The van der Waals surface area contributed by atoms with E-state index in [4.69, 9.17) is 11.6 Å². The van der Waals surface area contributed by atoms with Gasteiger partial charge in [0.2, 0.25) is 5.91 Å². The lowest BCUT2D eigenvalue weighted by atomic mass is 9.78. The van der Waals surface area contributed by atoms with Crippen LogP contribution in [0.4, 0.5) is 15.8 Å². The van der Waals surface area contributed by atoms with E-state index in [1.54, 1.807) is 23.1 Å². The van der Waals surface area contributed by atoms with Crippen LogP contribution in [0.2, 0.25) is 5.02 Å². The second kappa shape index (κ2) is 8.49. The van der Waals surface area contributed by atoms with Crippen LogP contribution in [0.1, 0.15) is 42.9 Å². The molecule has 0 bridgehead atoms. The van der Waals surface area contributed by atoms with Crippen LogP contribution in [-0.2, 0) is 9.59 Å². The second-order valence-corrected chi connectivity index (χ2v) is 8.83. The number of allylic oxidation sites excluding steroid dienone is 1. The fourth-order valence-corrected chi connectivity index (χ4v) is 5.14. The monoisotopic (exact) mass is 460 g/mol. The van der Waals surface area contributed by atoms with Crippen molar-refractivity contribution in [3.8, 4) is 0 Å². The Morgan fingerprint density at radius 1 is 1.00 bits per heavy atom. The van der Waals surface area contributed by atoms with E-state index in [0.717, 1.165) is 16.9 Å². The third kappa shape index (κ3) is 3.83. The van der Waals surface area contributed by atoms with Crippen LogP contribution in [0.5, 0.6) is 0 Å². The molecule has 5 rings (SSSR count). The van der Waals surface area contributed by atoms with Gasteiger partial charge in [-0.25, -0.2) is 4.39 Å². The smallest absolute Gasteiger partial charge is 0.224 e. The molecule has 3 aromatic rings. The fraction of sp³-hybridized carbons (Fsp3) is 0.185. The molecule has 0 unspecified atom stereocenters. The number of carbonyl (C=O) groups is 2. The first-order valence-corrected chi connectivity index (χ1v) is 11.2. The summed E-state index contributed by atoms with van der Waals surface area (Å²) in [5, 5.41) is 3.95. The third-order valence-electron chi connectivity index (χ3n) is 6.37. The zero-order chi connectivity index (χ0) is 23.1. The van der Waals surface area contributed by atoms with E-state index in [1.807, 2.05) is 42.5 Å². The van der Waals surface area contributed by atoms with Gasteiger partial charge >= 0.3 is 0 Å². The molecule has 33 heavy (non-hydrogen) atoms. The summed E-state index contributed by atoms with van der Waals surface area (Å²) in [7, 11) is 0. The van der Waals surface area contributed by atoms with Crippen molar-refractivity contribution in [1.29, 1.82) is 0 Å². The first-order chi connectivity index (χ1) is 15.9. The van der Waals surface area contributed by atoms with Gasteiger partial charge in [-0.2, -0.15) is 0 Å². The molecule has 0 saturated heterocycles. The summed E-state index contributed by atoms with van der Waals surface area (Å²) in [5.74, 6) is -0.635. The summed E-state index contributed by atoms with van der Waals surface area (Å²) in [4.78, 5) is 28.3. The summed E-state index contributed by atoms with van der Waals surface area (Å²) >= 11 is 6.60. The van der Waals surface area contributed by atoms with E-state index >= 15 is 0 Å². The Labute approximate surface area is 196 Å². The number of ketones is 1. The molecule has 1 aliphatic heterocycles. The first-order valence-electron chi connectivity index (χ1n) is 10.9. The minimum absolute atomic E-state index is 0.0537. The van der Waals surface area contributed by atoms with Crippen molar-refractivity contribution in [2.75, 3.05) is 10.2 Å². The molecule has 3 aromatic carbocycles. The SMILES string of the molecule is CC(=O)N1c2ccccc2NC2=C(C(=O)C[C@H](c3ccc(F)cc3)C2)[C@H]1c1ccccc1Cl. The van der Waals surface area contributed by atoms with E-state index in [1.165, 1.54) is 19.1 Å². The highest BCUT2D eigenvalue weighted by atomic mass is 35.5. The maximum Gasteiger partial charge on any atom is 0.224 e. The lowest BCUT2D eigenvalue weighted by molar-refractivity contribution is -0.117. The number of carbonyl (C=O) groups excluding carboxylic acids is 2. The van der Waals surface area contributed by atoms with Gasteiger partial charge in [0.25, 0.3) is 0 Å². The molecule has 0 spiro atoms. The van der Waals surface area contributed by atoms with Gasteiger partial charge in [-0.3, -0.25) is 14.5 Å². The normalized spacial score (nSPS) is 20.0. The van der Waals surface area contributed by atoms with Crippen LogP contribution in [-0.4, -0.2) is 11.7 Å². The topological polar surface area (TPSA) is 49.4 Å². The highest BCUT2D eigenvalue weighted by Gasteiger charge is 2.41. The van der Waals surface area contributed by atoms with Gasteiger partial charge in [-0.1, -0.05) is 54.1 Å². The molecule has 1 aliphatic carbocycles. The Balaban J connectivity index is 1.71. The van der Waals surface area contributed by atoms with Crippen LogP contribution < -0.4 is 10.2 Å². The highest BCUT2D eigenvalue weighted by Crippen LogP contribution is 2.48. The van der Waals surface area contributed by atoms with E-state index in [2.05, 4.69) is 5.32 Å². The standard InChI is InChI=1S/C27H22ClFN2O2/c1-16(32)31-24-9-5-4-8-22(24)30-23-14-18(17-10-12-19(29)13-11-17)15-25(33)26(23)27(31)20-6-2-3-7-21(20)28/h2-13,18,27,30H,14-15H2,1H3/t18-,27-/m1/s1. The number of halogens is 2. The Morgan fingerprint density at radius 3 is 2.42 bits per heavy atom. The molecule has 166 valence electrons. The fourth-order valence-electron chi connectivity index (χ4n) is 4.90. The molecule has 0 saturated carbocycles. The van der Waals surface area contributed by atoms with Crippen molar-refractivity contribution in [2.24, 2.45) is 0 Å². The highest BCUT2D eigenvalue weighted by molar-refractivity contribution is 6.31. The average Bonchev–Trinajstić information content (AvgIpc) is 2.94. The maximum absolute atomic E-state index is 13.7. The molecular formula is C27H22ClFN2O2. The van der Waals surface area contributed by atoms with Crippen LogP contribution in [0, 0.1) is 5.82 Å². The number of nitrogens with one attached hydrogen (secondary N) is 1. The number of hydrogen-bond donors (Lipinski definition) is 1. The van der Waals surface area contributed by atoms with Gasteiger partial charge in [0.1, 0.15) is 5.82 Å². The van der Waals surface area contributed by atoms with Crippen molar-refractivity contribution in [1.82, 2.24) is 0 Å². The zero-order valence-corrected chi connectivity index (χ0v) is 18.8. The van der Waals surface area contributed by atoms with Crippen molar-refractivity contribution in [3.63, 3.8) is 0 Å². The number of fused-ring (bicyclic) bond motifs is 1.